The lowest BCUT2D eigenvalue weighted by Crippen LogP contribution is -2.30. The first-order chi connectivity index (χ1) is 10.6. The number of anilines is 1. The zero-order chi connectivity index (χ0) is 15.7. The molecule has 0 bridgehead atoms. The molecule has 2 aromatic rings. The Hall–Kier alpha value is -1.26. The number of ether oxygens (including phenoxy) is 1. The molecule has 114 valence electrons. The van der Waals surface area contributed by atoms with Gasteiger partial charge in [0.05, 0.1) is 5.88 Å². The molecule has 0 spiro atoms. The van der Waals surface area contributed by atoms with Gasteiger partial charge in [0, 0.05) is 26.9 Å². The fraction of sp³-hybridized carbons (Fsp3) is 0.188. The van der Waals surface area contributed by atoms with Crippen molar-refractivity contribution in [1.82, 2.24) is 0 Å². The molecule has 0 radical (unpaired) electrons. The van der Waals surface area contributed by atoms with E-state index >= 15 is 0 Å². The smallest absolute Gasteiger partial charge is 0.254 e. The van der Waals surface area contributed by atoms with Crippen LogP contribution >= 0.6 is 34.8 Å². The number of fused-ring (bicyclic) bond motifs is 1. The van der Waals surface area contributed by atoms with Gasteiger partial charge in [-0.05, 0) is 24.3 Å². The second kappa shape index (κ2) is 6.47. The number of halogens is 3. The van der Waals surface area contributed by atoms with Crippen LogP contribution < -0.4 is 5.32 Å². The highest BCUT2D eigenvalue weighted by Gasteiger charge is 2.32. The molecular weight excluding hydrogens is 345 g/mol. The second-order valence-corrected chi connectivity index (χ2v) is 6.05. The molecule has 0 aromatic heterocycles. The van der Waals surface area contributed by atoms with E-state index in [1.807, 2.05) is 18.2 Å². The molecule has 0 aliphatic carbocycles. The Morgan fingerprint density at radius 2 is 1.86 bits per heavy atom. The van der Waals surface area contributed by atoms with E-state index in [4.69, 9.17) is 39.5 Å². The summed E-state index contributed by atoms with van der Waals surface area (Å²) in [6.45, 7) is 0. The molecule has 0 saturated heterocycles. The van der Waals surface area contributed by atoms with Crippen molar-refractivity contribution in [2.45, 2.75) is 12.2 Å². The molecule has 2 aromatic carbocycles. The van der Waals surface area contributed by atoms with Crippen LogP contribution in [0.15, 0.2) is 42.5 Å². The number of rotatable bonds is 2. The zero-order valence-electron chi connectivity index (χ0n) is 11.4. The number of carbonyl (C=O) groups is 1. The first kappa shape index (κ1) is 15.6. The molecule has 0 fully saturated rings. The Morgan fingerprint density at radius 1 is 1.09 bits per heavy atom. The Labute approximate surface area is 143 Å². The molecule has 22 heavy (non-hydrogen) atoms. The highest BCUT2D eigenvalue weighted by atomic mass is 35.5. The van der Waals surface area contributed by atoms with Crippen LogP contribution in [0.4, 0.5) is 5.69 Å². The summed E-state index contributed by atoms with van der Waals surface area (Å²) in [6, 6.07) is 12.6. The molecule has 1 aliphatic rings. The monoisotopic (exact) mass is 355 g/mol. The van der Waals surface area contributed by atoms with E-state index in [1.165, 1.54) is 0 Å². The first-order valence-electron chi connectivity index (χ1n) is 6.66. The average molecular weight is 357 g/mol. The quantitative estimate of drug-likeness (QED) is 0.795. The molecule has 3 rings (SSSR count). The summed E-state index contributed by atoms with van der Waals surface area (Å²) in [6.07, 6.45) is -1.29. The molecule has 2 atom stereocenters. The van der Waals surface area contributed by atoms with Crippen molar-refractivity contribution in [1.29, 1.82) is 0 Å². The van der Waals surface area contributed by atoms with Gasteiger partial charge in [0.2, 0.25) is 0 Å². The average Bonchev–Trinajstić information content (AvgIpc) is 2.64. The normalized spacial score (nSPS) is 21.0. The van der Waals surface area contributed by atoms with E-state index in [2.05, 4.69) is 5.32 Å². The van der Waals surface area contributed by atoms with Crippen molar-refractivity contribution in [2.75, 3.05) is 11.2 Å². The van der Waals surface area contributed by atoms with E-state index in [0.717, 1.165) is 11.1 Å². The topological polar surface area (TPSA) is 38.3 Å². The first-order valence-corrected chi connectivity index (χ1v) is 7.95. The maximum atomic E-state index is 12.2. The molecule has 0 saturated carbocycles. The molecule has 6 heteroatoms. The van der Waals surface area contributed by atoms with Crippen molar-refractivity contribution in [3.8, 4) is 0 Å². The van der Waals surface area contributed by atoms with Crippen LogP contribution in [0.5, 0.6) is 0 Å². The van der Waals surface area contributed by atoms with Crippen LogP contribution in [0.1, 0.15) is 17.2 Å². The van der Waals surface area contributed by atoms with E-state index < -0.39 is 12.2 Å². The van der Waals surface area contributed by atoms with Crippen LogP contribution in [0.2, 0.25) is 10.0 Å². The summed E-state index contributed by atoms with van der Waals surface area (Å²) < 4.78 is 5.93. The number of hydrogen-bond donors (Lipinski definition) is 1. The summed E-state index contributed by atoms with van der Waals surface area (Å²) in [4.78, 5) is 12.2. The number of carbonyl (C=O) groups excluding carboxylic acids is 1. The van der Waals surface area contributed by atoms with Crippen LogP contribution in [0.3, 0.4) is 0 Å². The lowest BCUT2D eigenvalue weighted by Gasteiger charge is -2.21. The molecular formula is C16H12Cl3NO2. The van der Waals surface area contributed by atoms with Gasteiger partial charge in [0.15, 0.2) is 6.10 Å². The number of nitrogens with one attached hydrogen (secondary N) is 1. The van der Waals surface area contributed by atoms with Crippen LogP contribution in [0, 0.1) is 0 Å². The highest BCUT2D eigenvalue weighted by molar-refractivity contribution is 6.31. The maximum Gasteiger partial charge on any atom is 0.254 e. The van der Waals surface area contributed by atoms with Gasteiger partial charge >= 0.3 is 0 Å². The van der Waals surface area contributed by atoms with Gasteiger partial charge in [0.1, 0.15) is 6.10 Å². The molecule has 1 heterocycles. The van der Waals surface area contributed by atoms with Crippen LogP contribution in [-0.4, -0.2) is 17.9 Å². The van der Waals surface area contributed by atoms with Crippen molar-refractivity contribution in [3.63, 3.8) is 0 Å². The summed E-state index contributed by atoms with van der Waals surface area (Å²) in [5, 5.41) is 3.93. The van der Waals surface area contributed by atoms with Gasteiger partial charge in [-0.1, -0.05) is 41.4 Å². The predicted molar refractivity (Wildman–Crippen MR) is 89.0 cm³/mol. The van der Waals surface area contributed by atoms with Gasteiger partial charge in [0.25, 0.3) is 5.91 Å². The van der Waals surface area contributed by atoms with Crippen molar-refractivity contribution >= 4 is 46.4 Å². The third-order valence-corrected chi connectivity index (χ3v) is 4.33. The maximum absolute atomic E-state index is 12.2. The molecule has 3 nitrogen and oxygen atoms in total. The number of amides is 1. The minimum absolute atomic E-state index is 0.0501. The Kier molecular flexibility index (Phi) is 4.59. The predicted octanol–water partition coefficient (Wildman–Crippen LogP) is 4.66. The summed E-state index contributed by atoms with van der Waals surface area (Å²) >= 11 is 18.3. The van der Waals surface area contributed by atoms with Crippen molar-refractivity contribution < 1.29 is 9.53 Å². The van der Waals surface area contributed by atoms with Gasteiger partial charge < -0.3 is 10.1 Å². The van der Waals surface area contributed by atoms with E-state index in [9.17, 15) is 4.79 Å². The Bertz CT molecular complexity index is 720. The Balaban J connectivity index is 2.16. The minimum atomic E-state index is -0.769. The van der Waals surface area contributed by atoms with E-state index in [1.54, 1.807) is 24.3 Å². The number of benzene rings is 2. The van der Waals surface area contributed by atoms with E-state index in [-0.39, 0.29) is 11.8 Å². The summed E-state index contributed by atoms with van der Waals surface area (Å²) in [5.41, 5.74) is 2.16. The molecule has 1 aliphatic heterocycles. The lowest BCUT2D eigenvalue weighted by atomic mass is 9.99. The van der Waals surface area contributed by atoms with Crippen LogP contribution in [0.25, 0.3) is 0 Å². The highest BCUT2D eigenvalue weighted by Crippen LogP contribution is 2.39. The van der Waals surface area contributed by atoms with Crippen LogP contribution in [-0.2, 0) is 9.53 Å². The number of hydrogen-bond acceptors (Lipinski definition) is 2. The summed E-state index contributed by atoms with van der Waals surface area (Å²) in [7, 11) is 0. The molecule has 2 unspecified atom stereocenters. The van der Waals surface area contributed by atoms with Crippen molar-refractivity contribution in [3.05, 3.63) is 63.6 Å². The third kappa shape index (κ3) is 2.95. The van der Waals surface area contributed by atoms with Gasteiger partial charge in [-0.15, -0.1) is 11.6 Å². The fourth-order valence-corrected chi connectivity index (χ4v) is 3.04. The van der Waals surface area contributed by atoms with E-state index in [0.29, 0.717) is 15.7 Å². The second-order valence-electron chi connectivity index (χ2n) is 4.90. The number of alkyl halides is 1. The Morgan fingerprint density at radius 3 is 2.59 bits per heavy atom. The molecule has 1 N–H and O–H groups in total. The standard InChI is InChI=1S/C16H12Cl3NO2/c17-8-14-16(21)20-13-6-5-9(18)7-11(13)15(22-14)10-3-1-2-4-12(10)19/h1-7,14-15H,8H2,(H,20,21). The third-order valence-electron chi connectivity index (χ3n) is 3.47. The zero-order valence-corrected chi connectivity index (χ0v) is 13.6. The lowest BCUT2D eigenvalue weighted by molar-refractivity contribution is -0.127. The largest absolute Gasteiger partial charge is 0.354 e. The molecule has 1 amide bonds. The van der Waals surface area contributed by atoms with Gasteiger partial charge in [-0.2, -0.15) is 0 Å². The fourth-order valence-electron chi connectivity index (χ4n) is 2.41. The summed E-state index contributed by atoms with van der Waals surface area (Å²) in [5.74, 6) is -0.234. The van der Waals surface area contributed by atoms with Gasteiger partial charge in [-0.25, -0.2) is 0 Å². The minimum Gasteiger partial charge on any atom is -0.354 e. The van der Waals surface area contributed by atoms with Crippen molar-refractivity contribution in [2.24, 2.45) is 0 Å². The van der Waals surface area contributed by atoms with Gasteiger partial charge in [-0.3, -0.25) is 4.79 Å². The SMILES string of the molecule is O=C1Nc2ccc(Cl)cc2C(c2ccccc2Cl)OC1CCl.